The molecule has 1 fully saturated rings. The number of nitrogens with zero attached hydrogens (tertiary/aromatic N) is 1. The lowest BCUT2D eigenvalue weighted by Crippen LogP contribution is -3.15. The van der Waals surface area contributed by atoms with Crippen LogP contribution in [0.3, 0.4) is 0 Å². The second kappa shape index (κ2) is 7.55. The highest BCUT2D eigenvalue weighted by Crippen LogP contribution is 2.29. The van der Waals surface area contributed by atoms with Crippen molar-refractivity contribution in [3.8, 4) is 5.75 Å². The lowest BCUT2D eigenvalue weighted by Gasteiger charge is -2.31. The van der Waals surface area contributed by atoms with E-state index in [2.05, 4.69) is 15.9 Å². The van der Waals surface area contributed by atoms with Crippen LogP contribution in [0.15, 0.2) is 31.9 Å². The highest BCUT2D eigenvalue weighted by Gasteiger charge is 2.27. The Morgan fingerprint density at radius 3 is 2.72 bits per heavy atom. The van der Waals surface area contributed by atoms with E-state index in [1.54, 1.807) is 23.1 Å². The van der Waals surface area contributed by atoms with Crippen LogP contribution in [0.25, 0.3) is 11.0 Å². The van der Waals surface area contributed by atoms with Crippen molar-refractivity contribution in [1.29, 1.82) is 0 Å². The van der Waals surface area contributed by atoms with E-state index < -0.39 is 5.63 Å². The molecule has 134 valence electrons. The fourth-order valence-corrected chi connectivity index (χ4v) is 3.53. The standard InChI is InChI=1S/C17H19BrN2O5/c1-24-14-10-12(18)8-11-9-13(17(23)25-15(11)14)16(22)20-4-2-19(3-5-20)6-7-21/h8-10,21H,2-7H2,1H3/p+1. The number of carbonyl (C=O) groups is 1. The number of amides is 1. The van der Waals surface area contributed by atoms with Crippen LogP contribution in [-0.2, 0) is 0 Å². The van der Waals surface area contributed by atoms with E-state index in [4.69, 9.17) is 14.3 Å². The summed E-state index contributed by atoms with van der Waals surface area (Å²) in [6.45, 7) is 3.41. The number of ether oxygens (including phenoxy) is 1. The van der Waals surface area contributed by atoms with Crippen LogP contribution in [0.5, 0.6) is 5.75 Å². The summed E-state index contributed by atoms with van der Waals surface area (Å²) in [4.78, 5) is 28.0. The van der Waals surface area contributed by atoms with Gasteiger partial charge in [0.1, 0.15) is 12.1 Å². The number of fused-ring (bicyclic) bond motifs is 1. The van der Waals surface area contributed by atoms with Gasteiger partial charge in [0.2, 0.25) is 0 Å². The Kier molecular flexibility index (Phi) is 5.41. The number of methoxy groups -OCH3 is 1. The first-order chi connectivity index (χ1) is 12.0. The molecule has 0 spiro atoms. The number of rotatable bonds is 4. The fraction of sp³-hybridized carbons (Fsp3) is 0.412. The second-order valence-electron chi connectivity index (χ2n) is 5.99. The summed E-state index contributed by atoms with van der Waals surface area (Å²) in [6, 6.07) is 5.04. The van der Waals surface area contributed by atoms with Crippen LogP contribution >= 0.6 is 15.9 Å². The van der Waals surface area contributed by atoms with Gasteiger partial charge in [-0.05, 0) is 18.2 Å². The average molecular weight is 412 g/mol. The van der Waals surface area contributed by atoms with Crippen molar-refractivity contribution in [3.05, 3.63) is 38.7 Å². The van der Waals surface area contributed by atoms with Gasteiger partial charge in [-0.3, -0.25) is 4.79 Å². The quantitative estimate of drug-likeness (QED) is 0.686. The van der Waals surface area contributed by atoms with Crippen LogP contribution in [0.1, 0.15) is 10.4 Å². The number of piperazine rings is 1. The molecule has 2 N–H and O–H groups in total. The zero-order valence-electron chi connectivity index (χ0n) is 13.9. The summed E-state index contributed by atoms with van der Waals surface area (Å²) in [5, 5.41) is 9.63. The number of halogens is 1. The van der Waals surface area contributed by atoms with Crippen molar-refractivity contribution in [2.45, 2.75) is 0 Å². The minimum atomic E-state index is -0.664. The number of hydrogen-bond acceptors (Lipinski definition) is 5. The second-order valence-corrected chi connectivity index (χ2v) is 6.91. The van der Waals surface area contributed by atoms with Crippen molar-refractivity contribution in [3.63, 3.8) is 0 Å². The molecule has 0 aliphatic carbocycles. The number of carbonyl (C=O) groups excluding carboxylic acids is 1. The maximum atomic E-state index is 12.7. The summed E-state index contributed by atoms with van der Waals surface area (Å²) in [7, 11) is 1.49. The molecule has 1 aliphatic rings. The van der Waals surface area contributed by atoms with Gasteiger partial charge in [-0.15, -0.1) is 0 Å². The van der Waals surface area contributed by atoms with Gasteiger partial charge in [-0.25, -0.2) is 4.79 Å². The number of nitrogens with one attached hydrogen (secondary N) is 1. The minimum absolute atomic E-state index is 0.0262. The topological polar surface area (TPSA) is 84.4 Å². The molecule has 0 saturated carbocycles. The van der Waals surface area contributed by atoms with E-state index in [1.807, 2.05) is 0 Å². The molecule has 1 aliphatic heterocycles. The summed E-state index contributed by atoms with van der Waals surface area (Å²) >= 11 is 3.38. The third-order valence-electron chi connectivity index (χ3n) is 4.44. The monoisotopic (exact) mass is 411 g/mol. The first-order valence-electron chi connectivity index (χ1n) is 8.08. The van der Waals surface area contributed by atoms with Crippen LogP contribution < -0.4 is 15.3 Å². The number of benzene rings is 1. The lowest BCUT2D eigenvalue weighted by molar-refractivity contribution is -0.904. The maximum Gasteiger partial charge on any atom is 0.349 e. The molecule has 7 nitrogen and oxygen atoms in total. The summed E-state index contributed by atoms with van der Waals surface area (Å²) in [6.07, 6.45) is 0. The predicted octanol–water partition coefficient (Wildman–Crippen LogP) is -0.103. The van der Waals surface area contributed by atoms with Gasteiger partial charge in [0.25, 0.3) is 5.91 Å². The zero-order chi connectivity index (χ0) is 18.0. The molecule has 2 aromatic rings. The third-order valence-corrected chi connectivity index (χ3v) is 4.89. The molecule has 1 aromatic heterocycles. The van der Waals surface area contributed by atoms with E-state index in [9.17, 15) is 9.59 Å². The molecule has 8 heteroatoms. The van der Waals surface area contributed by atoms with Gasteiger partial charge in [0, 0.05) is 9.86 Å². The SMILES string of the molecule is COc1cc(Br)cc2cc(C(=O)N3CC[NH+](CCO)CC3)c(=O)oc12. The Hall–Kier alpha value is -1.90. The van der Waals surface area contributed by atoms with Crippen LogP contribution in [0.4, 0.5) is 0 Å². The molecule has 2 heterocycles. The zero-order valence-corrected chi connectivity index (χ0v) is 15.5. The Morgan fingerprint density at radius 1 is 1.36 bits per heavy atom. The van der Waals surface area contributed by atoms with Crippen molar-refractivity contribution >= 4 is 32.8 Å². The number of quaternary nitrogens is 1. The fourth-order valence-electron chi connectivity index (χ4n) is 3.07. The molecule has 3 rings (SSSR count). The average Bonchev–Trinajstić information content (AvgIpc) is 2.61. The van der Waals surface area contributed by atoms with Gasteiger partial charge in [0.15, 0.2) is 11.3 Å². The molecule has 0 atom stereocenters. The van der Waals surface area contributed by atoms with E-state index in [1.165, 1.54) is 12.0 Å². The van der Waals surface area contributed by atoms with Crippen molar-refractivity contribution < 1.29 is 24.0 Å². The molecule has 0 bridgehead atoms. The smallest absolute Gasteiger partial charge is 0.349 e. The molecule has 1 amide bonds. The van der Waals surface area contributed by atoms with E-state index in [0.29, 0.717) is 36.4 Å². The van der Waals surface area contributed by atoms with E-state index in [-0.39, 0.29) is 18.1 Å². The number of aliphatic hydroxyl groups is 1. The Balaban J connectivity index is 1.90. The lowest BCUT2D eigenvalue weighted by atomic mass is 10.1. The first-order valence-corrected chi connectivity index (χ1v) is 8.88. The normalized spacial score (nSPS) is 15.6. The summed E-state index contributed by atoms with van der Waals surface area (Å²) in [5.41, 5.74) is -0.314. The van der Waals surface area contributed by atoms with Gasteiger partial charge in [-0.1, -0.05) is 15.9 Å². The van der Waals surface area contributed by atoms with Crippen LogP contribution in [0.2, 0.25) is 0 Å². The van der Waals surface area contributed by atoms with E-state index >= 15 is 0 Å². The molecule has 0 unspecified atom stereocenters. The van der Waals surface area contributed by atoms with Gasteiger partial charge < -0.3 is 24.1 Å². The number of hydrogen-bond donors (Lipinski definition) is 2. The Morgan fingerprint density at radius 2 is 2.08 bits per heavy atom. The summed E-state index contributed by atoms with van der Waals surface area (Å²) in [5.74, 6) is 0.110. The van der Waals surface area contributed by atoms with Crippen molar-refractivity contribution in [1.82, 2.24) is 4.90 Å². The molecule has 0 radical (unpaired) electrons. The Labute approximate surface area is 152 Å². The highest BCUT2D eigenvalue weighted by atomic mass is 79.9. The molecule has 1 saturated heterocycles. The molecular weight excluding hydrogens is 392 g/mol. The van der Waals surface area contributed by atoms with Crippen molar-refractivity contribution in [2.24, 2.45) is 0 Å². The third kappa shape index (κ3) is 3.70. The van der Waals surface area contributed by atoms with E-state index in [0.717, 1.165) is 17.6 Å². The van der Waals surface area contributed by atoms with Gasteiger partial charge in [0.05, 0.1) is 39.9 Å². The summed E-state index contributed by atoms with van der Waals surface area (Å²) < 4.78 is 11.4. The largest absolute Gasteiger partial charge is 0.493 e. The number of aliphatic hydroxyl groups excluding tert-OH is 1. The Bertz CT molecular complexity index is 843. The predicted molar refractivity (Wildman–Crippen MR) is 95.3 cm³/mol. The van der Waals surface area contributed by atoms with Gasteiger partial charge in [-0.2, -0.15) is 0 Å². The van der Waals surface area contributed by atoms with Gasteiger partial charge >= 0.3 is 5.63 Å². The first kappa shape index (κ1) is 17.9. The van der Waals surface area contributed by atoms with Crippen LogP contribution in [-0.4, -0.2) is 62.4 Å². The molecule has 1 aromatic carbocycles. The highest BCUT2D eigenvalue weighted by molar-refractivity contribution is 9.10. The maximum absolute atomic E-state index is 12.7. The molecular formula is C17H20BrN2O5+. The van der Waals surface area contributed by atoms with Crippen LogP contribution in [0, 0.1) is 0 Å². The minimum Gasteiger partial charge on any atom is -0.493 e. The van der Waals surface area contributed by atoms with Crippen molar-refractivity contribution in [2.75, 3.05) is 46.4 Å². The molecule has 25 heavy (non-hydrogen) atoms.